The number of nitrogens with one attached hydrogen (secondary N) is 1. The molecule has 0 saturated heterocycles. The Hall–Kier alpha value is -3.15. The van der Waals surface area contributed by atoms with Crippen LogP contribution in [0.25, 0.3) is 0 Å². The van der Waals surface area contributed by atoms with Crippen LogP contribution in [-0.4, -0.2) is 22.5 Å². The summed E-state index contributed by atoms with van der Waals surface area (Å²) in [4.78, 5) is 17.0. The van der Waals surface area contributed by atoms with Crippen molar-refractivity contribution in [1.82, 2.24) is 10.3 Å². The molecule has 0 bridgehead atoms. The van der Waals surface area contributed by atoms with Crippen molar-refractivity contribution in [1.29, 1.82) is 0 Å². The van der Waals surface area contributed by atoms with E-state index in [0.29, 0.717) is 11.4 Å². The van der Waals surface area contributed by atoms with E-state index in [9.17, 15) is 17.5 Å². The van der Waals surface area contributed by atoms with Gasteiger partial charge in [0.25, 0.3) is 5.91 Å². The van der Waals surface area contributed by atoms with Crippen LogP contribution in [0.5, 0.6) is 5.88 Å². The highest BCUT2D eigenvalue weighted by Crippen LogP contribution is 2.40. The summed E-state index contributed by atoms with van der Waals surface area (Å²) in [7, 11) is 0. The highest BCUT2D eigenvalue weighted by Gasteiger charge is 2.36. The van der Waals surface area contributed by atoms with Crippen molar-refractivity contribution >= 4 is 29.7 Å². The molecule has 2 atom stereocenters. The minimum atomic E-state index is -3.72. The standard InChI is InChI=1S/C28H26ClF3N2O2S/c1-5-19-7-6-8-21(15-19)24(16-20-9-12-23(29)13-10-20)18(2)34-26(35)27(3,4)36-25-14-11-22(17-33-25)28(30,31)37-32/h1,6-15,17-18,24H,16H2,2-4H3,(H,34,35)/t18-,24?/m0/s1. The SMILES string of the molecule is C#Cc1cccc(C(Cc2ccc(Cl)cc2)[C@H](C)NC(=O)C(C)(C)Oc2ccc(C(F)(F)SF)cn2)c1. The first-order chi connectivity index (χ1) is 17.4. The number of carbonyl (C=O) groups excluding carboxylic acids is 1. The molecule has 3 aromatic rings. The quantitative estimate of drug-likeness (QED) is 0.276. The molecule has 1 N–H and O–H groups in total. The van der Waals surface area contributed by atoms with E-state index < -0.39 is 34.5 Å². The summed E-state index contributed by atoms with van der Waals surface area (Å²) in [5.74, 6) is 2.04. The Morgan fingerprint density at radius 3 is 2.49 bits per heavy atom. The van der Waals surface area contributed by atoms with Gasteiger partial charge in [-0.1, -0.05) is 41.8 Å². The third-order valence-electron chi connectivity index (χ3n) is 5.89. The molecule has 37 heavy (non-hydrogen) atoms. The second-order valence-electron chi connectivity index (χ2n) is 9.06. The van der Waals surface area contributed by atoms with Crippen molar-refractivity contribution in [3.8, 4) is 18.2 Å². The fourth-order valence-electron chi connectivity index (χ4n) is 3.76. The highest BCUT2D eigenvalue weighted by molar-refractivity contribution is 7.94. The largest absolute Gasteiger partial charge is 0.462 e. The molecular weight excluding hydrogens is 521 g/mol. The molecule has 0 aliphatic heterocycles. The molecule has 0 aliphatic carbocycles. The van der Waals surface area contributed by atoms with Gasteiger partial charge in [-0.25, -0.2) is 4.98 Å². The van der Waals surface area contributed by atoms with Gasteiger partial charge < -0.3 is 10.1 Å². The Bertz CT molecular complexity index is 1260. The highest BCUT2D eigenvalue weighted by atomic mass is 35.5. The summed E-state index contributed by atoms with van der Waals surface area (Å²) in [5.41, 5.74) is 0.728. The number of rotatable bonds is 10. The van der Waals surface area contributed by atoms with E-state index >= 15 is 0 Å². The Morgan fingerprint density at radius 1 is 1.19 bits per heavy atom. The van der Waals surface area contributed by atoms with E-state index in [0.717, 1.165) is 29.0 Å². The number of carbonyl (C=O) groups is 1. The van der Waals surface area contributed by atoms with E-state index in [4.69, 9.17) is 22.8 Å². The monoisotopic (exact) mass is 546 g/mol. The van der Waals surface area contributed by atoms with E-state index in [1.807, 2.05) is 55.5 Å². The number of hydrogen-bond acceptors (Lipinski definition) is 4. The zero-order valence-corrected chi connectivity index (χ0v) is 22.0. The molecule has 194 valence electrons. The lowest BCUT2D eigenvalue weighted by atomic mass is 9.85. The first-order valence-corrected chi connectivity index (χ1v) is 12.5. The molecule has 2 aromatic carbocycles. The molecule has 1 heterocycles. The molecule has 0 radical (unpaired) electrons. The van der Waals surface area contributed by atoms with Gasteiger partial charge in [0.05, 0.1) is 5.56 Å². The lowest BCUT2D eigenvalue weighted by Gasteiger charge is -2.31. The van der Waals surface area contributed by atoms with Crippen LogP contribution in [-0.2, 0) is 16.5 Å². The first kappa shape index (κ1) is 28.4. The maximum absolute atomic E-state index is 13.5. The van der Waals surface area contributed by atoms with Gasteiger partial charge in [0, 0.05) is 34.8 Å². The van der Waals surface area contributed by atoms with Gasteiger partial charge in [-0.2, -0.15) is 12.7 Å². The minimum absolute atomic E-state index is 0.0457. The number of aromatic nitrogens is 1. The van der Waals surface area contributed by atoms with Crippen molar-refractivity contribution in [2.45, 2.75) is 50.0 Å². The Balaban J connectivity index is 1.78. The summed E-state index contributed by atoms with van der Waals surface area (Å²) < 4.78 is 45.2. The van der Waals surface area contributed by atoms with Gasteiger partial charge in [0.15, 0.2) is 5.60 Å². The molecule has 4 nitrogen and oxygen atoms in total. The number of terminal acetylenes is 1. The van der Waals surface area contributed by atoms with E-state index in [2.05, 4.69) is 16.2 Å². The predicted octanol–water partition coefficient (Wildman–Crippen LogP) is 7.07. The van der Waals surface area contributed by atoms with Gasteiger partial charge in [-0.3, -0.25) is 4.79 Å². The van der Waals surface area contributed by atoms with E-state index in [-0.39, 0.29) is 17.8 Å². The number of benzene rings is 2. The van der Waals surface area contributed by atoms with E-state index in [1.54, 1.807) is 13.8 Å². The first-order valence-electron chi connectivity index (χ1n) is 11.4. The van der Waals surface area contributed by atoms with Crippen LogP contribution in [0, 0.1) is 12.3 Å². The summed E-state index contributed by atoms with van der Waals surface area (Å²) in [6, 6.07) is 16.9. The second kappa shape index (κ2) is 11.9. The summed E-state index contributed by atoms with van der Waals surface area (Å²) in [5, 5.41) is -0.0796. The maximum atomic E-state index is 13.5. The average molecular weight is 547 g/mol. The smallest absolute Gasteiger partial charge is 0.349 e. The van der Waals surface area contributed by atoms with Crippen LogP contribution in [0.1, 0.15) is 48.9 Å². The van der Waals surface area contributed by atoms with Gasteiger partial charge in [0.1, 0.15) is 12.1 Å². The van der Waals surface area contributed by atoms with Crippen LogP contribution in [0.15, 0.2) is 66.9 Å². The van der Waals surface area contributed by atoms with Crippen LogP contribution < -0.4 is 10.1 Å². The van der Waals surface area contributed by atoms with Crippen LogP contribution >= 0.6 is 23.7 Å². The molecule has 3 rings (SSSR count). The molecule has 0 fully saturated rings. The number of nitrogens with zero attached hydrogens (tertiary/aromatic N) is 1. The van der Waals surface area contributed by atoms with Gasteiger partial charge in [0.2, 0.25) is 5.88 Å². The van der Waals surface area contributed by atoms with Crippen molar-refractivity contribution in [3.05, 3.63) is 94.1 Å². The molecule has 1 aromatic heterocycles. The minimum Gasteiger partial charge on any atom is -0.462 e. The summed E-state index contributed by atoms with van der Waals surface area (Å²) in [6.45, 7) is 4.98. The fourth-order valence-corrected chi connectivity index (χ4v) is 4.10. The Labute approximate surface area is 224 Å². The molecule has 0 aliphatic rings. The number of ether oxygens (including phenoxy) is 1. The third-order valence-corrected chi connectivity index (χ3v) is 6.57. The van der Waals surface area contributed by atoms with Crippen LogP contribution in [0.2, 0.25) is 5.02 Å². The summed E-state index contributed by atoms with van der Waals surface area (Å²) in [6.07, 6.45) is 7.03. The van der Waals surface area contributed by atoms with Crippen molar-refractivity contribution in [3.63, 3.8) is 0 Å². The van der Waals surface area contributed by atoms with Crippen LogP contribution in [0.4, 0.5) is 12.7 Å². The maximum Gasteiger partial charge on any atom is 0.349 e. The number of halogens is 4. The third kappa shape index (κ3) is 7.43. The lowest BCUT2D eigenvalue weighted by molar-refractivity contribution is -0.135. The molecule has 1 amide bonds. The van der Waals surface area contributed by atoms with Gasteiger partial charge in [-0.05, 0) is 68.7 Å². The number of hydrogen-bond donors (Lipinski definition) is 1. The molecule has 0 spiro atoms. The van der Waals surface area contributed by atoms with E-state index in [1.165, 1.54) is 6.07 Å². The van der Waals surface area contributed by atoms with Crippen LogP contribution in [0.3, 0.4) is 0 Å². The predicted molar refractivity (Wildman–Crippen MR) is 141 cm³/mol. The molecule has 1 unspecified atom stereocenters. The lowest BCUT2D eigenvalue weighted by Crippen LogP contribution is -2.51. The second-order valence-corrected chi connectivity index (χ2v) is 10.2. The zero-order chi connectivity index (χ0) is 27.2. The average Bonchev–Trinajstić information content (AvgIpc) is 2.88. The summed E-state index contributed by atoms with van der Waals surface area (Å²) >= 11 is 4.96. The van der Waals surface area contributed by atoms with Crippen molar-refractivity contribution in [2.24, 2.45) is 0 Å². The molecule has 9 heteroatoms. The number of alkyl halides is 2. The normalized spacial score (nSPS) is 13.4. The Kier molecular flexibility index (Phi) is 9.16. The number of amides is 1. The van der Waals surface area contributed by atoms with Gasteiger partial charge >= 0.3 is 5.25 Å². The van der Waals surface area contributed by atoms with Crippen molar-refractivity contribution in [2.75, 3.05) is 0 Å². The molecular formula is C28H26ClF3N2O2S. The topological polar surface area (TPSA) is 51.2 Å². The molecule has 0 saturated carbocycles. The fraction of sp³-hybridized carbons (Fsp3) is 0.286. The number of pyridine rings is 1. The zero-order valence-electron chi connectivity index (χ0n) is 20.5. The van der Waals surface area contributed by atoms with Crippen molar-refractivity contribution < 1.29 is 22.2 Å². The Morgan fingerprint density at radius 2 is 1.89 bits per heavy atom. The van der Waals surface area contributed by atoms with Gasteiger partial charge in [-0.15, -0.1) is 6.42 Å².